The molecule has 2 heteroatoms. The average Bonchev–Trinajstić information content (AvgIpc) is 1.86. The summed E-state index contributed by atoms with van der Waals surface area (Å²) in [5.41, 5.74) is 0. The van der Waals surface area contributed by atoms with E-state index in [4.69, 9.17) is 4.74 Å². The van der Waals surface area contributed by atoms with Gasteiger partial charge in [-0.1, -0.05) is 6.42 Å². The number of rotatable bonds is 1. The highest BCUT2D eigenvalue weighted by Crippen LogP contribution is 2.19. The van der Waals surface area contributed by atoms with Crippen LogP contribution in [0.4, 0.5) is 0 Å². The number of hydrogen-bond donors (Lipinski definition) is 0. The number of piperidine rings is 1. The second kappa shape index (κ2) is 2.89. The van der Waals surface area contributed by atoms with E-state index in [1.165, 1.54) is 25.8 Å². The van der Waals surface area contributed by atoms with Crippen LogP contribution in [0.5, 0.6) is 0 Å². The van der Waals surface area contributed by atoms with Gasteiger partial charge in [0.25, 0.3) is 0 Å². The highest BCUT2D eigenvalue weighted by atomic mass is 16.5. The summed E-state index contributed by atoms with van der Waals surface area (Å²) >= 11 is 0. The standard InChI is InChI=1S/C8H14NO/c1-2-4-9(5-3-1)8-6-10-7-8/h4,8H,1-3,5-7H2. The van der Waals surface area contributed by atoms with Crippen molar-refractivity contribution in [1.82, 2.24) is 4.90 Å². The number of nitrogens with zero attached hydrogens (tertiary/aromatic N) is 1. The average molecular weight is 140 g/mol. The van der Waals surface area contributed by atoms with Gasteiger partial charge in [-0.25, -0.2) is 0 Å². The molecule has 10 heavy (non-hydrogen) atoms. The van der Waals surface area contributed by atoms with Gasteiger partial charge in [0.15, 0.2) is 0 Å². The zero-order valence-electron chi connectivity index (χ0n) is 6.25. The molecule has 0 spiro atoms. The van der Waals surface area contributed by atoms with Crippen LogP contribution < -0.4 is 0 Å². The van der Waals surface area contributed by atoms with Crippen LogP contribution in [0.3, 0.4) is 0 Å². The van der Waals surface area contributed by atoms with Crippen molar-refractivity contribution in [3.8, 4) is 0 Å². The molecule has 0 atom stereocenters. The highest BCUT2D eigenvalue weighted by Gasteiger charge is 2.26. The zero-order chi connectivity index (χ0) is 6.81. The van der Waals surface area contributed by atoms with Gasteiger partial charge in [0.05, 0.1) is 19.3 Å². The third-order valence-electron chi connectivity index (χ3n) is 2.32. The van der Waals surface area contributed by atoms with Crippen molar-refractivity contribution < 1.29 is 4.74 Å². The molecule has 0 N–H and O–H groups in total. The molecule has 0 saturated carbocycles. The van der Waals surface area contributed by atoms with Crippen LogP contribution in [0, 0.1) is 6.54 Å². The first-order valence-electron chi connectivity index (χ1n) is 4.13. The van der Waals surface area contributed by atoms with Crippen LogP contribution in [-0.2, 0) is 4.74 Å². The van der Waals surface area contributed by atoms with Crippen LogP contribution in [0.1, 0.15) is 19.3 Å². The van der Waals surface area contributed by atoms with Gasteiger partial charge in [-0.15, -0.1) is 0 Å². The van der Waals surface area contributed by atoms with Crippen LogP contribution >= 0.6 is 0 Å². The van der Waals surface area contributed by atoms with Gasteiger partial charge in [-0.2, -0.15) is 0 Å². The predicted octanol–water partition coefficient (Wildman–Crippen LogP) is 1.03. The fourth-order valence-electron chi connectivity index (χ4n) is 1.53. The molecule has 2 heterocycles. The summed E-state index contributed by atoms with van der Waals surface area (Å²) in [4.78, 5) is 2.45. The van der Waals surface area contributed by atoms with Gasteiger partial charge >= 0.3 is 0 Å². The Balaban J connectivity index is 1.78. The molecular weight excluding hydrogens is 126 g/mol. The summed E-state index contributed by atoms with van der Waals surface area (Å²) in [6, 6.07) is 0.722. The highest BCUT2D eigenvalue weighted by molar-refractivity contribution is 4.84. The van der Waals surface area contributed by atoms with Gasteiger partial charge in [-0.05, 0) is 19.4 Å². The Morgan fingerprint density at radius 1 is 1.30 bits per heavy atom. The molecule has 0 amide bonds. The molecule has 0 aromatic heterocycles. The monoisotopic (exact) mass is 140 g/mol. The second-order valence-electron chi connectivity index (χ2n) is 3.11. The Morgan fingerprint density at radius 3 is 2.70 bits per heavy atom. The molecular formula is C8H14NO. The van der Waals surface area contributed by atoms with E-state index >= 15 is 0 Å². The Labute approximate surface area is 62.2 Å². The lowest BCUT2D eigenvalue weighted by molar-refractivity contribution is -0.0592. The minimum Gasteiger partial charge on any atom is -0.378 e. The van der Waals surface area contributed by atoms with Crippen molar-refractivity contribution in [2.45, 2.75) is 25.3 Å². The summed E-state index contributed by atoms with van der Waals surface area (Å²) in [7, 11) is 0. The zero-order valence-corrected chi connectivity index (χ0v) is 6.25. The molecule has 0 aromatic rings. The smallest absolute Gasteiger partial charge is 0.0645 e. The summed E-state index contributed by atoms with van der Waals surface area (Å²) in [6.45, 7) is 5.51. The topological polar surface area (TPSA) is 12.5 Å². The van der Waals surface area contributed by atoms with E-state index in [0.717, 1.165) is 19.3 Å². The van der Waals surface area contributed by atoms with E-state index in [1.807, 2.05) is 0 Å². The Bertz CT molecular complexity index is 106. The van der Waals surface area contributed by atoms with Crippen molar-refractivity contribution in [3.05, 3.63) is 6.54 Å². The van der Waals surface area contributed by atoms with Crippen LogP contribution in [0.25, 0.3) is 0 Å². The normalized spacial score (nSPS) is 30.0. The first-order valence-corrected chi connectivity index (χ1v) is 4.13. The molecule has 0 unspecified atom stereocenters. The van der Waals surface area contributed by atoms with Gasteiger partial charge in [0, 0.05) is 6.54 Å². The molecule has 2 fully saturated rings. The van der Waals surface area contributed by atoms with Crippen molar-refractivity contribution >= 4 is 0 Å². The van der Waals surface area contributed by atoms with Crippen LogP contribution in [0.2, 0.25) is 0 Å². The molecule has 2 rings (SSSR count). The third kappa shape index (κ3) is 1.18. The molecule has 0 aromatic carbocycles. The van der Waals surface area contributed by atoms with E-state index in [-0.39, 0.29) is 0 Å². The molecule has 2 aliphatic rings. The van der Waals surface area contributed by atoms with Crippen molar-refractivity contribution in [2.75, 3.05) is 19.8 Å². The summed E-state index contributed by atoms with van der Waals surface area (Å²) < 4.78 is 5.13. The molecule has 0 aliphatic carbocycles. The van der Waals surface area contributed by atoms with E-state index in [9.17, 15) is 0 Å². The maximum Gasteiger partial charge on any atom is 0.0645 e. The second-order valence-corrected chi connectivity index (χ2v) is 3.11. The lowest BCUT2D eigenvalue weighted by Crippen LogP contribution is -2.48. The summed E-state index contributed by atoms with van der Waals surface area (Å²) in [5, 5.41) is 0. The minimum atomic E-state index is 0.722. The van der Waals surface area contributed by atoms with E-state index < -0.39 is 0 Å². The van der Waals surface area contributed by atoms with Gasteiger partial charge in [0.2, 0.25) is 0 Å². The maximum absolute atomic E-state index is 5.13. The molecule has 2 aliphatic heterocycles. The molecule has 0 bridgehead atoms. The Kier molecular flexibility index (Phi) is 1.91. The fraction of sp³-hybridized carbons (Fsp3) is 0.875. The minimum absolute atomic E-state index is 0.722. The fourth-order valence-corrected chi connectivity index (χ4v) is 1.53. The predicted molar refractivity (Wildman–Crippen MR) is 39.5 cm³/mol. The summed E-state index contributed by atoms with van der Waals surface area (Å²) in [5.74, 6) is 0. The van der Waals surface area contributed by atoms with Crippen molar-refractivity contribution in [2.24, 2.45) is 0 Å². The molecule has 2 nitrogen and oxygen atoms in total. The number of likely N-dealkylation sites (tertiary alicyclic amines) is 1. The first-order chi connectivity index (χ1) is 4.97. The van der Waals surface area contributed by atoms with Crippen molar-refractivity contribution in [3.63, 3.8) is 0 Å². The van der Waals surface area contributed by atoms with Gasteiger partial charge in [-0.3, -0.25) is 4.90 Å². The van der Waals surface area contributed by atoms with Crippen molar-refractivity contribution in [1.29, 1.82) is 0 Å². The Morgan fingerprint density at radius 2 is 2.20 bits per heavy atom. The van der Waals surface area contributed by atoms with E-state index in [0.29, 0.717) is 0 Å². The third-order valence-corrected chi connectivity index (χ3v) is 2.32. The SMILES string of the molecule is [CH]1CCCCN1C1COC1. The van der Waals surface area contributed by atoms with E-state index in [1.54, 1.807) is 0 Å². The largest absolute Gasteiger partial charge is 0.378 e. The van der Waals surface area contributed by atoms with Gasteiger partial charge in [0.1, 0.15) is 0 Å². The summed E-state index contributed by atoms with van der Waals surface area (Å²) in [6.07, 6.45) is 4.02. The Hall–Kier alpha value is -0.0800. The van der Waals surface area contributed by atoms with Crippen LogP contribution in [0.15, 0.2) is 0 Å². The number of ether oxygens (including phenoxy) is 1. The van der Waals surface area contributed by atoms with E-state index in [2.05, 4.69) is 11.4 Å². The number of hydrogen-bond acceptors (Lipinski definition) is 2. The molecule has 2 saturated heterocycles. The molecule has 1 radical (unpaired) electrons. The quantitative estimate of drug-likeness (QED) is 0.539. The first kappa shape index (κ1) is 6.62. The van der Waals surface area contributed by atoms with Gasteiger partial charge < -0.3 is 4.74 Å². The lowest BCUT2D eigenvalue weighted by Gasteiger charge is -2.38. The molecule has 57 valence electrons. The van der Waals surface area contributed by atoms with Crippen LogP contribution in [-0.4, -0.2) is 30.7 Å². The maximum atomic E-state index is 5.13. The lowest BCUT2D eigenvalue weighted by atomic mass is 10.1.